The Kier molecular flexibility index (Phi) is 6.61. The number of hydrogen-bond donors (Lipinski definition) is 1. The van der Waals surface area contributed by atoms with E-state index in [1.165, 1.54) is 11.0 Å². The Morgan fingerprint density at radius 1 is 1.40 bits per heavy atom. The molecule has 1 saturated heterocycles. The van der Waals surface area contributed by atoms with Crippen molar-refractivity contribution in [2.24, 2.45) is 0 Å². The Bertz CT molecular complexity index is 777. The van der Waals surface area contributed by atoms with Crippen LogP contribution < -0.4 is 5.32 Å². The van der Waals surface area contributed by atoms with E-state index in [9.17, 15) is 18.0 Å². The summed E-state index contributed by atoms with van der Waals surface area (Å²) in [4.78, 5) is 25.3. The van der Waals surface area contributed by atoms with Crippen LogP contribution in [0.4, 0.5) is 0 Å². The highest BCUT2D eigenvalue weighted by Crippen LogP contribution is 2.17. The predicted molar refractivity (Wildman–Crippen MR) is 97.9 cm³/mol. The molecule has 0 spiro atoms. The Morgan fingerprint density at radius 3 is 2.80 bits per heavy atom. The molecule has 1 aliphatic rings. The number of benzene rings is 1. The van der Waals surface area contributed by atoms with E-state index in [4.69, 9.17) is 11.6 Å². The van der Waals surface area contributed by atoms with Gasteiger partial charge in [0.05, 0.1) is 11.5 Å². The van der Waals surface area contributed by atoms with Crippen LogP contribution in [0.2, 0.25) is 5.02 Å². The third kappa shape index (κ3) is 6.17. The highest BCUT2D eigenvalue weighted by Gasteiger charge is 2.32. The maximum atomic E-state index is 12.1. The summed E-state index contributed by atoms with van der Waals surface area (Å²) in [6.07, 6.45) is 3.62. The number of hydrogen-bond acceptors (Lipinski definition) is 4. The molecule has 1 aliphatic heterocycles. The van der Waals surface area contributed by atoms with E-state index in [0.29, 0.717) is 11.4 Å². The van der Waals surface area contributed by atoms with Gasteiger partial charge in [0, 0.05) is 37.2 Å². The van der Waals surface area contributed by atoms with Crippen LogP contribution >= 0.6 is 11.6 Å². The fourth-order valence-electron chi connectivity index (χ4n) is 2.59. The average Bonchev–Trinajstić information content (AvgIpc) is 2.92. The number of rotatable bonds is 6. The molecular formula is C17H21ClN2O4S. The number of amides is 2. The molecule has 2 amide bonds. The first-order chi connectivity index (χ1) is 11.8. The van der Waals surface area contributed by atoms with Gasteiger partial charge in [-0.2, -0.15) is 0 Å². The van der Waals surface area contributed by atoms with E-state index < -0.39 is 9.84 Å². The Hall–Kier alpha value is -1.86. The first-order valence-electron chi connectivity index (χ1n) is 7.94. The molecule has 2 rings (SSSR count). The van der Waals surface area contributed by atoms with Crippen LogP contribution in [-0.2, 0) is 19.4 Å². The highest BCUT2D eigenvalue weighted by molar-refractivity contribution is 7.91. The quantitative estimate of drug-likeness (QED) is 0.753. The molecule has 1 heterocycles. The molecular weight excluding hydrogens is 364 g/mol. The molecule has 1 fully saturated rings. The zero-order valence-electron chi connectivity index (χ0n) is 13.9. The Balaban J connectivity index is 1.74. The lowest BCUT2D eigenvalue weighted by molar-refractivity contribution is -0.131. The average molecular weight is 385 g/mol. The molecule has 1 unspecified atom stereocenters. The molecule has 0 aromatic heterocycles. The van der Waals surface area contributed by atoms with Gasteiger partial charge in [-0.1, -0.05) is 23.7 Å². The molecule has 1 atom stereocenters. The number of carbonyl (C=O) groups excluding carboxylic acids is 2. The molecule has 1 N–H and O–H groups in total. The third-order valence-electron chi connectivity index (χ3n) is 4.06. The molecule has 25 heavy (non-hydrogen) atoms. The summed E-state index contributed by atoms with van der Waals surface area (Å²) in [6, 6.07) is 6.83. The first-order valence-corrected chi connectivity index (χ1v) is 10.1. The molecule has 8 heteroatoms. The number of nitrogens with one attached hydrogen (secondary N) is 1. The second-order valence-corrected chi connectivity index (χ2v) is 8.66. The summed E-state index contributed by atoms with van der Waals surface area (Å²) in [5.41, 5.74) is 0.806. The van der Waals surface area contributed by atoms with Crippen LogP contribution in [0.15, 0.2) is 30.3 Å². The van der Waals surface area contributed by atoms with Crippen molar-refractivity contribution < 1.29 is 18.0 Å². The largest absolute Gasteiger partial charge is 0.352 e. The molecule has 136 valence electrons. The molecule has 0 radical (unpaired) electrons. The maximum Gasteiger partial charge on any atom is 0.244 e. The topological polar surface area (TPSA) is 83.6 Å². The van der Waals surface area contributed by atoms with Crippen LogP contribution in [0, 0.1) is 0 Å². The van der Waals surface area contributed by atoms with E-state index in [1.54, 1.807) is 31.3 Å². The Labute approximate surface area is 152 Å². The monoisotopic (exact) mass is 384 g/mol. The van der Waals surface area contributed by atoms with Gasteiger partial charge >= 0.3 is 0 Å². The molecule has 6 nitrogen and oxygen atoms in total. The molecule has 0 bridgehead atoms. The number of carbonyl (C=O) groups is 2. The molecule has 1 aromatic carbocycles. The summed E-state index contributed by atoms with van der Waals surface area (Å²) < 4.78 is 22.9. The Morgan fingerprint density at radius 2 is 2.16 bits per heavy atom. The van der Waals surface area contributed by atoms with Gasteiger partial charge in [0.15, 0.2) is 9.84 Å². The van der Waals surface area contributed by atoms with E-state index in [0.717, 1.165) is 5.56 Å². The van der Waals surface area contributed by atoms with Crippen molar-refractivity contribution in [3.8, 4) is 0 Å². The highest BCUT2D eigenvalue weighted by atomic mass is 35.5. The molecule has 0 aliphatic carbocycles. The minimum Gasteiger partial charge on any atom is -0.352 e. The molecule has 1 aromatic rings. The first kappa shape index (κ1) is 19.5. The van der Waals surface area contributed by atoms with Crippen LogP contribution in [0.5, 0.6) is 0 Å². The maximum absolute atomic E-state index is 12.1. The molecule has 0 saturated carbocycles. The minimum absolute atomic E-state index is 0.0178. The summed E-state index contributed by atoms with van der Waals surface area (Å²) in [5, 5.41) is 3.22. The van der Waals surface area contributed by atoms with E-state index in [2.05, 4.69) is 5.32 Å². The lowest BCUT2D eigenvalue weighted by Gasteiger charge is -2.23. The van der Waals surface area contributed by atoms with Crippen LogP contribution in [0.1, 0.15) is 18.4 Å². The van der Waals surface area contributed by atoms with Crippen molar-refractivity contribution >= 4 is 39.3 Å². The zero-order valence-corrected chi connectivity index (χ0v) is 15.5. The van der Waals surface area contributed by atoms with Crippen LogP contribution in [0.25, 0.3) is 6.08 Å². The normalized spacial score (nSPS) is 19.0. The van der Waals surface area contributed by atoms with Gasteiger partial charge < -0.3 is 10.2 Å². The second kappa shape index (κ2) is 8.49. The van der Waals surface area contributed by atoms with E-state index in [1.807, 2.05) is 6.07 Å². The van der Waals surface area contributed by atoms with Crippen LogP contribution in [0.3, 0.4) is 0 Å². The van der Waals surface area contributed by atoms with Gasteiger partial charge in [-0.25, -0.2) is 8.42 Å². The second-order valence-electron chi connectivity index (χ2n) is 5.99. The van der Waals surface area contributed by atoms with Gasteiger partial charge in [-0.15, -0.1) is 0 Å². The van der Waals surface area contributed by atoms with Crippen molar-refractivity contribution in [1.29, 1.82) is 0 Å². The van der Waals surface area contributed by atoms with Gasteiger partial charge in [0.2, 0.25) is 11.8 Å². The van der Waals surface area contributed by atoms with Crippen molar-refractivity contribution in [1.82, 2.24) is 10.2 Å². The van der Waals surface area contributed by atoms with E-state index in [-0.39, 0.29) is 42.3 Å². The van der Waals surface area contributed by atoms with Crippen molar-refractivity contribution in [2.45, 2.75) is 18.9 Å². The van der Waals surface area contributed by atoms with E-state index >= 15 is 0 Å². The standard InChI is InChI=1S/C17H21ClN2O4S/c1-20(15-8-10-25(23,24)12-15)17(22)7-9-19-16(21)6-5-13-3-2-4-14(18)11-13/h2-6,11,15H,7-10,12H2,1H3,(H,19,21). The summed E-state index contributed by atoms with van der Waals surface area (Å²) in [6.45, 7) is 0.196. The fraction of sp³-hybridized carbons (Fsp3) is 0.412. The fourth-order valence-corrected chi connectivity index (χ4v) is 4.57. The summed E-state index contributed by atoms with van der Waals surface area (Å²) >= 11 is 5.87. The third-order valence-corrected chi connectivity index (χ3v) is 6.05. The number of sulfone groups is 1. The van der Waals surface area contributed by atoms with Gasteiger partial charge in [-0.05, 0) is 30.2 Å². The zero-order chi connectivity index (χ0) is 18.4. The summed E-state index contributed by atoms with van der Waals surface area (Å²) in [5.74, 6) is -0.343. The smallest absolute Gasteiger partial charge is 0.244 e. The van der Waals surface area contributed by atoms with Crippen molar-refractivity contribution in [3.05, 3.63) is 40.9 Å². The SMILES string of the molecule is CN(C(=O)CCNC(=O)C=Cc1cccc(Cl)c1)C1CCS(=O)(=O)C1. The summed E-state index contributed by atoms with van der Waals surface area (Å²) in [7, 11) is -1.42. The van der Waals surface area contributed by atoms with Gasteiger partial charge in [-0.3, -0.25) is 9.59 Å². The predicted octanol–water partition coefficient (Wildman–Crippen LogP) is 1.50. The number of nitrogens with zero attached hydrogens (tertiary/aromatic N) is 1. The number of halogens is 1. The minimum atomic E-state index is -3.03. The van der Waals surface area contributed by atoms with Crippen molar-refractivity contribution in [3.63, 3.8) is 0 Å². The lowest BCUT2D eigenvalue weighted by Crippen LogP contribution is -2.39. The lowest BCUT2D eigenvalue weighted by atomic mass is 10.2. The van der Waals surface area contributed by atoms with Gasteiger partial charge in [0.1, 0.15) is 0 Å². The van der Waals surface area contributed by atoms with Crippen molar-refractivity contribution in [2.75, 3.05) is 25.1 Å². The van der Waals surface area contributed by atoms with Gasteiger partial charge in [0.25, 0.3) is 0 Å². The van der Waals surface area contributed by atoms with Crippen LogP contribution in [-0.4, -0.2) is 56.3 Å².